The largest absolute Gasteiger partial charge is 2.00 e. The molecule has 5 heteroatoms. The summed E-state index contributed by atoms with van der Waals surface area (Å²) in [7, 11) is 0. The van der Waals surface area contributed by atoms with Crippen molar-refractivity contribution in [3.63, 3.8) is 0 Å². The van der Waals surface area contributed by atoms with E-state index in [9.17, 15) is 9.59 Å². The van der Waals surface area contributed by atoms with E-state index in [0.717, 1.165) is 12.8 Å². The number of carbonyl (C=O) groups is 2. The van der Waals surface area contributed by atoms with Crippen LogP contribution in [0.25, 0.3) is 0 Å². The molecule has 2 N–H and O–H groups in total. The maximum atomic E-state index is 10.6. The van der Waals surface area contributed by atoms with Gasteiger partial charge in [-0.1, -0.05) is 12.8 Å². The second kappa shape index (κ2) is 5.44. The molecule has 2 unspecified atom stereocenters. The van der Waals surface area contributed by atoms with E-state index in [1.165, 1.54) is 0 Å². The van der Waals surface area contributed by atoms with Gasteiger partial charge in [0.15, 0.2) is 0 Å². The van der Waals surface area contributed by atoms with Crippen molar-refractivity contribution in [3.05, 3.63) is 0 Å². The Morgan fingerprint density at radius 2 is 1.31 bits per heavy atom. The minimum atomic E-state index is -0.970. The van der Waals surface area contributed by atoms with Gasteiger partial charge in [0.05, 0.1) is 11.8 Å². The van der Waals surface area contributed by atoms with E-state index >= 15 is 0 Å². The van der Waals surface area contributed by atoms with Crippen LogP contribution in [0.1, 0.15) is 28.5 Å². The van der Waals surface area contributed by atoms with Gasteiger partial charge in [-0.2, -0.15) is 0 Å². The predicted octanol–water partition coefficient (Wildman–Crippen LogP) is 0.806. The molecular weight excluding hydrogens is 184 g/mol. The van der Waals surface area contributed by atoms with Gasteiger partial charge >= 0.3 is 35.0 Å². The van der Waals surface area contributed by atoms with E-state index in [-0.39, 0.29) is 25.9 Å². The molecule has 0 spiro atoms. The number of aliphatic carboxylic acids is 2. The van der Waals surface area contributed by atoms with Crippen LogP contribution in [0.4, 0.5) is 0 Å². The molecule has 0 amide bonds. The van der Waals surface area contributed by atoms with Crippen molar-refractivity contribution in [3.8, 4) is 0 Å². The van der Waals surface area contributed by atoms with E-state index in [2.05, 4.69) is 0 Å². The van der Waals surface area contributed by atoms with Crippen LogP contribution in [0.15, 0.2) is 0 Å². The topological polar surface area (TPSA) is 74.6 Å². The second-order valence-electron chi connectivity index (χ2n) is 3.17. The molecule has 0 saturated heterocycles. The monoisotopic (exact) mass is 198 g/mol. The van der Waals surface area contributed by atoms with Gasteiger partial charge in [0.1, 0.15) is 0 Å². The Morgan fingerprint density at radius 3 is 1.54 bits per heavy atom. The van der Waals surface area contributed by atoms with Gasteiger partial charge in [0.25, 0.3) is 0 Å². The average Bonchev–Trinajstić information content (AvgIpc) is 2.04. The summed E-state index contributed by atoms with van der Waals surface area (Å²) in [6.45, 7) is 0. The molecular formula is C8H14MgO4. The zero-order valence-electron chi connectivity index (χ0n) is 9.40. The minimum absolute atomic E-state index is 0. The smallest absolute Gasteiger partial charge is 1.00 e. The number of hydrogen-bond donors (Lipinski definition) is 2. The molecule has 1 rings (SSSR count). The van der Waals surface area contributed by atoms with Gasteiger partial charge < -0.3 is 13.1 Å². The summed E-state index contributed by atoms with van der Waals surface area (Å²) in [4.78, 5) is 21.2. The first-order valence-electron chi connectivity index (χ1n) is 4.08. The quantitative estimate of drug-likeness (QED) is 0.644. The summed E-state index contributed by atoms with van der Waals surface area (Å²) in [6, 6.07) is 0. The first-order valence-corrected chi connectivity index (χ1v) is 4.08. The Morgan fingerprint density at radius 1 is 1.00 bits per heavy atom. The first-order chi connectivity index (χ1) is 5.63. The van der Waals surface area contributed by atoms with Crippen LogP contribution in [0.3, 0.4) is 0 Å². The Balaban J connectivity index is -0.000000480. The summed E-state index contributed by atoms with van der Waals surface area (Å²) in [6.07, 6.45) is 2.68. The summed E-state index contributed by atoms with van der Waals surface area (Å²) in [5.41, 5.74) is 0. The van der Waals surface area contributed by atoms with Gasteiger partial charge in [-0.15, -0.1) is 0 Å². The maximum absolute atomic E-state index is 10.6. The third kappa shape index (κ3) is 3.15. The molecule has 0 radical (unpaired) electrons. The summed E-state index contributed by atoms with van der Waals surface area (Å²) < 4.78 is 0. The average molecular weight is 199 g/mol. The zero-order valence-corrected chi connectivity index (χ0v) is 8.82. The van der Waals surface area contributed by atoms with Crippen LogP contribution in [-0.4, -0.2) is 45.2 Å². The van der Waals surface area contributed by atoms with E-state index in [1.807, 2.05) is 0 Å². The third-order valence-electron chi connectivity index (χ3n) is 2.40. The standard InChI is InChI=1S/C8H12O4.Mg.2H/c9-7(10)5-3-1-2-4-6(5)8(11)12;;;/h5-6H,1-4H2,(H,9,10)(H,11,12);;;/q;+2;2*-1. The molecule has 0 heterocycles. The summed E-state index contributed by atoms with van der Waals surface area (Å²) in [5.74, 6) is -3.28. The van der Waals surface area contributed by atoms with Crippen LogP contribution in [0.2, 0.25) is 0 Å². The first kappa shape index (κ1) is 12.7. The fourth-order valence-electron chi connectivity index (χ4n) is 1.72. The van der Waals surface area contributed by atoms with Crippen molar-refractivity contribution in [1.82, 2.24) is 0 Å². The minimum Gasteiger partial charge on any atom is -1.00 e. The molecule has 0 aromatic heterocycles. The molecule has 0 aromatic rings. The Hall–Kier alpha value is -0.294. The molecule has 0 bridgehead atoms. The molecule has 1 aliphatic carbocycles. The van der Waals surface area contributed by atoms with Crippen LogP contribution in [-0.2, 0) is 9.59 Å². The number of carboxylic acids is 2. The van der Waals surface area contributed by atoms with Crippen LogP contribution in [0, 0.1) is 11.8 Å². The number of rotatable bonds is 2. The maximum Gasteiger partial charge on any atom is 2.00 e. The fourth-order valence-corrected chi connectivity index (χ4v) is 1.72. The van der Waals surface area contributed by atoms with Crippen LogP contribution >= 0.6 is 0 Å². The normalized spacial score (nSPS) is 27.4. The zero-order chi connectivity index (χ0) is 9.14. The van der Waals surface area contributed by atoms with Gasteiger partial charge in [0.2, 0.25) is 0 Å². The van der Waals surface area contributed by atoms with Crippen LogP contribution in [0.5, 0.6) is 0 Å². The summed E-state index contributed by atoms with van der Waals surface area (Å²) in [5, 5.41) is 17.4. The van der Waals surface area contributed by atoms with E-state index < -0.39 is 23.8 Å². The van der Waals surface area contributed by atoms with Crippen molar-refractivity contribution >= 4 is 35.0 Å². The van der Waals surface area contributed by atoms with Gasteiger partial charge in [-0.05, 0) is 12.8 Å². The molecule has 1 saturated carbocycles. The molecule has 0 aliphatic heterocycles. The van der Waals surface area contributed by atoms with E-state index in [0.29, 0.717) is 12.8 Å². The van der Waals surface area contributed by atoms with Crippen molar-refractivity contribution in [2.24, 2.45) is 11.8 Å². The number of carboxylic acid groups (broad SMARTS) is 2. The Labute approximate surface area is 95.4 Å². The van der Waals surface area contributed by atoms with Gasteiger partial charge in [-0.3, -0.25) is 9.59 Å². The van der Waals surface area contributed by atoms with Crippen LogP contribution < -0.4 is 0 Å². The molecule has 72 valence electrons. The molecule has 0 aromatic carbocycles. The number of hydrogen-bond acceptors (Lipinski definition) is 2. The van der Waals surface area contributed by atoms with Crippen molar-refractivity contribution in [2.45, 2.75) is 25.7 Å². The Bertz CT molecular complexity index is 191. The van der Waals surface area contributed by atoms with Crippen molar-refractivity contribution in [2.75, 3.05) is 0 Å². The van der Waals surface area contributed by atoms with Crippen molar-refractivity contribution < 1.29 is 22.7 Å². The van der Waals surface area contributed by atoms with Gasteiger partial charge in [-0.25, -0.2) is 0 Å². The molecule has 1 fully saturated rings. The van der Waals surface area contributed by atoms with E-state index in [1.54, 1.807) is 0 Å². The molecule has 13 heavy (non-hydrogen) atoms. The second-order valence-corrected chi connectivity index (χ2v) is 3.17. The SMILES string of the molecule is O=C(O)C1CCCCC1C(=O)O.[H-].[H-].[Mg+2]. The van der Waals surface area contributed by atoms with E-state index in [4.69, 9.17) is 10.2 Å². The molecule has 4 nitrogen and oxygen atoms in total. The molecule has 1 aliphatic rings. The van der Waals surface area contributed by atoms with Crippen molar-refractivity contribution in [1.29, 1.82) is 0 Å². The molecule has 2 atom stereocenters. The fraction of sp³-hybridized carbons (Fsp3) is 0.750. The Kier molecular flexibility index (Phi) is 5.32. The third-order valence-corrected chi connectivity index (χ3v) is 2.40. The predicted molar refractivity (Wildman–Crippen MR) is 48.7 cm³/mol. The van der Waals surface area contributed by atoms with Gasteiger partial charge in [0, 0.05) is 0 Å². The summed E-state index contributed by atoms with van der Waals surface area (Å²) >= 11 is 0.